The minimum atomic E-state index is -3.81. The summed E-state index contributed by atoms with van der Waals surface area (Å²) in [4.78, 5) is 17.7. The van der Waals surface area contributed by atoms with Crippen molar-refractivity contribution in [3.63, 3.8) is 0 Å². The summed E-state index contributed by atoms with van der Waals surface area (Å²) in [5.74, 6) is -0.790. The van der Waals surface area contributed by atoms with Crippen LogP contribution in [0.5, 0.6) is 0 Å². The SMILES string of the molecule is Cc1ccc(S(=O)(=O)N[C@H](C(=O)NOCc2ccccc2)C(C)C)cc1. The Balaban J connectivity index is 2.00. The molecule has 7 heteroatoms. The smallest absolute Gasteiger partial charge is 0.261 e. The van der Waals surface area contributed by atoms with Crippen molar-refractivity contribution in [1.82, 2.24) is 10.2 Å². The van der Waals surface area contributed by atoms with Gasteiger partial charge in [0.2, 0.25) is 10.0 Å². The molecule has 140 valence electrons. The lowest BCUT2D eigenvalue weighted by Crippen LogP contribution is -2.49. The third-order valence-corrected chi connectivity index (χ3v) is 5.27. The molecule has 0 aliphatic rings. The second-order valence-electron chi connectivity index (χ2n) is 6.40. The zero-order valence-electron chi connectivity index (χ0n) is 15.1. The topological polar surface area (TPSA) is 84.5 Å². The van der Waals surface area contributed by atoms with Gasteiger partial charge in [0.15, 0.2) is 0 Å². The van der Waals surface area contributed by atoms with Gasteiger partial charge in [-0.05, 0) is 30.5 Å². The van der Waals surface area contributed by atoms with E-state index >= 15 is 0 Å². The number of amides is 1. The molecule has 0 unspecified atom stereocenters. The highest BCUT2D eigenvalue weighted by Gasteiger charge is 2.28. The molecular formula is C19H24N2O4S. The molecule has 0 heterocycles. The largest absolute Gasteiger partial charge is 0.271 e. The lowest BCUT2D eigenvalue weighted by atomic mass is 10.1. The van der Waals surface area contributed by atoms with Gasteiger partial charge in [-0.3, -0.25) is 9.63 Å². The first-order valence-electron chi connectivity index (χ1n) is 8.34. The van der Waals surface area contributed by atoms with Gasteiger partial charge in [-0.15, -0.1) is 0 Å². The Labute approximate surface area is 154 Å². The standard InChI is InChI=1S/C19H24N2O4S/c1-14(2)18(19(22)20-25-13-16-7-5-4-6-8-16)21-26(23,24)17-11-9-15(3)10-12-17/h4-12,14,18,21H,13H2,1-3H3,(H,20,22)/t18-/m0/s1. The number of hydrogen-bond acceptors (Lipinski definition) is 4. The Hall–Kier alpha value is -2.22. The zero-order valence-corrected chi connectivity index (χ0v) is 15.9. The molecule has 6 nitrogen and oxygen atoms in total. The molecule has 2 N–H and O–H groups in total. The molecule has 0 spiro atoms. The van der Waals surface area contributed by atoms with Crippen molar-refractivity contribution in [2.75, 3.05) is 0 Å². The molecule has 26 heavy (non-hydrogen) atoms. The van der Waals surface area contributed by atoms with E-state index in [1.807, 2.05) is 37.3 Å². The van der Waals surface area contributed by atoms with Crippen molar-refractivity contribution in [2.45, 2.75) is 38.3 Å². The van der Waals surface area contributed by atoms with Crippen molar-refractivity contribution < 1.29 is 18.0 Å². The van der Waals surface area contributed by atoms with Crippen molar-refractivity contribution in [3.8, 4) is 0 Å². The average molecular weight is 376 g/mol. The van der Waals surface area contributed by atoms with Gasteiger partial charge < -0.3 is 0 Å². The maximum atomic E-state index is 12.5. The number of benzene rings is 2. The summed E-state index contributed by atoms with van der Waals surface area (Å²) >= 11 is 0. The van der Waals surface area contributed by atoms with Gasteiger partial charge in [-0.1, -0.05) is 61.9 Å². The average Bonchev–Trinajstić information content (AvgIpc) is 2.60. The van der Waals surface area contributed by atoms with Crippen LogP contribution >= 0.6 is 0 Å². The van der Waals surface area contributed by atoms with Gasteiger partial charge in [-0.2, -0.15) is 4.72 Å². The number of carbonyl (C=O) groups is 1. The predicted molar refractivity (Wildman–Crippen MR) is 99.5 cm³/mol. The van der Waals surface area contributed by atoms with Gasteiger partial charge in [0.1, 0.15) is 6.04 Å². The van der Waals surface area contributed by atoms with E-state index in [4.69, 9.17) is 4.84 Å². The first kappa shape index (κ1) is 20.1. The Morgan fingerprint density at radius 2 is 1.65 bits per heavy atom. The lowest BCUT2D eigenvalue weighted by Gasteiger charge is -2.21. The molecule has 0 saturated carbocycles. The van der Waals surface area contributed by atoms with Crippen LogP contribution in [0.2, 0.25) is 0 Å². The highest BCUT2D eigenvalue weighted by Crippen LogP contribution is 2.13. The van der Waals surface area contributed by atoms with Crippen LogP contribution in [-0.4, -0.2) is 20.4 Å². The molecule has 0 saturated heterocycles. The Bertz CT molecular complexity index is 818. The van der Waals surface area contributed by atoms with Crippen LogP contribution in [-0.2, 0) is 26.3 Å². The summed E-state index contributed by atoms with van der Waals surface area (Å²) in [6, 6.07) is 14.9. The van der Waals surface area contributed by atoms with E-state index in [0.29, 0.717) is 0 Å². The molecule has 2 rings (SSSR count). The van der Waals surface area contributed by atoms with E-state index in [-0.39, 0.29) is 17.4 Å². The number of sulfonamides is 1. The van der Waals surface area contributed by atoms with E-state index in [9.17, 15) is 13.2 Å². The Kier molecular flexibility index (Phi) is 6.90. The van der Waals surface area contributed by atoms with Crippen LogP contribution < -0.4 is 10.2 Å². The van der Waals surface area contributed by atoms with Crippen molar-refractivity contribution in [3.05, 3.63) is 65.7 Å². The fourth-order valence-electron chi connectivity index (χ4n) is 2.27. The Morgan fingerprint density at radius 3 is 2.23 bits per heavy atom. The summed E-state index contributed by atoms with van der Waals surface area (Å²) in [6.45, 7) is 5.60. The van der Waals surface area contributed by atoms with Crippen LogP contribution in [0.4, 0.5) is 0 Å². The predicted octanol–water partition coefficient (Wildman–Crippen LogP) is 2.55. The number of hydroxylamine groups is 1. The maximum Gasteiger partial charge on any atom is 0.261 e. The van der Waals surface area contributed by atoms with Crippen molar-refractivity contribution in [1.29, 1.82) is 0 Å². The molecular weight excluding hydrogens is 352 g/mol. The molecule has 0 aromatic heterocycles. The molecule has 2 aromatic rings. The molecule has 0 aliphatic carbocycles. The minimum Gasteiger partial charge on any atom is -0.271 e. The minimum absolute atomic E-state index is 0.117. The molecule has 2 aromatic carbocycles. The maximum absolute atomic E-state index is 12.5. The van der Waals surface area contributed by atoms with E-state index in [0.717, 1.165) is 11.1 Å². The molecule has 0 fully saturated rings. The third kappa shape index (κ3) is 5.66. The molecule has 0 radical (unpaired) electrons. The fraction of sp³-hybridized carbons (Fsp3) is 0.316. The van der Waals surface area contributed by atoms with Gasteiger partial charge in [0.05, 0.1) is 11.5 Å². The number of hydrogen-bond donors (Lipinski definition) is 2. The summed E-state index contributed by atoms with van der Waals surface area (Å²) in [5, 5.41) is 0. The normalized spacial score (nSPS) is 12.8. The van der Waals surface area contributed by atoms with E-state index in [2.05, 4.69) is 10.2 Å². The van der Waals surface area contributed by atoms with Crippen LogP contribution in [0.3, 0.4) is 0 Å². The first-order chi connectivity index (χ1) is 12.3. The van der Waals surface area contributed by atoms with E-state index < -0.39 is 22.0 Å². The van der Waals surface area contributed by atoms with Crippen LogP contribution in [0.25, 0.3) is 0 Å². The summed E-state index contributed by atoms with van der Waals surface area (Å²) < 4.78 is 27.5. The van der Waals surface area contributed by atoms with Crippen molar-refractivity contribution >= 4 is 15.9 Å². The molecule has 0 bridgehead atoms. The molecule has 1 amide bonds. The molecule has 1 atom stereocenters. The summed E-state index contributed by atoms with van der Waals surface area (Å²) in [6.07, 6.45) is 0. The fourth-order valence-corrected chi connectivity index (χ4v) is 3.62. The third-order valence-electron chi connectivity index (χ3n) is 3.82. The monoisotopic (exact) mass is 376 g/mol. The number of carbonyl (C=O) groups excluding carboxylic acids is 1. The van der Waals surface area contributed by atoms with Crippen LogP contribution in [0.1, 0.15) is 25.0 Å². The zero-order chi connectivity index (χ0) is 19.2. The lowest BCUT2D eigenvalue weighted by molar-refractivity contribution is -0.137. The van der Waals surface area contributed by atoms with E-state index in [1.165, 1.54) is 12.1 Å². The number of rotatable bonds is 8. The first-order valence-corrected chi connectivity index (χ1v) is 9.82. The highest BCUT2D eigenvalue weighted by molar-refractivity contribution is 7.89. The second kappa shape index (κ2) is 8.93. The highest BCUT2D eigenvalue weighted by atomic mass is 32.2. The van der Waals surface area contributed by atoms with Crippen LogP contribution in [0, 0.1) is 12.8 Å². The summed E-state index contributed by atoms with van der Waals surface area (Å²) in [7, 11) is -3.81. The van der Waals surface area contributed by atoms with Gasteiger partial charge in [0, 0.05) is 0 Å². The van der Waals surface area contributed by atoms with Gasteiger partial charge >= 0.3 is 0 Å². The second-order valence-corrected chi connectivity index (χ2v) is 8.11. The Morgan fingerprint density at radius 1 is 1.04 bits per heavy atom. The van der Waals surface area contributed by atoms with Crippen molar-refractivity contribution in [2.24, 2.45) is 5.92 Å². The molecule has 0 aliphatic heterocycles. The number of aryl methyl sites for hydroxylation is 1. The van der Waals surface area contributed by atoms with Crippen LogP contribution in [0.15, 0.2) is 59.5 Å². The van der Waals surface area contributed by atoms with Gasteiger partial charge in [0.25, 0.3) is 5.91 Å². The quantitative estimate of drug-likeness (QED) is 0.694. The van der Waals surface area contributed by atoms with E-state index in [1.54, 1.807) is 26.0 Å². The number of nitrogens with one attached hydrogen (secondary N) is 2. The summed E-state index contributed by atoms with van der Waals surface area (Å²) in [5.41, 5.74) is 4.18. The van der Waals surface area contributed by atoms with Gasteiger partial charge in [-0.25, -0.2) is 13.9 Å².